The van der Waals surface area contributed by atoms with Crippen LogP contribution in [-0.4, -0.2) is 29.6 Å². The molecule has 0 radical (unpaired) electrons. The van der Waals surface area contributed by atoms with Crippen molar-refractivity contribution in [3.63, 3.8) is 0 Å². The molecular formula is C15H16N4O4S2. The van der Waals surface area contributed by atoms with E-state index in [0.717, 1.165) is 0 Å². The lowest BCUT2D eigenvalue weighted by Crippen LogP contribution is -2.37. The molecule has 1 aliphatic heterocycles. The zero-order valence-corrected chi connectivity index (χ0v) is 14.9. The number of anilines is 1. The minimum absolute atomic E-state index is 0.0271. The molecule has 8 nitrogen and oxygen atoms in total. The maximum Gasteiger partial charge on any atom is 0.257 e. The Labute approximate surface area is 148 Å². The summed E-state index contributed by atoms with van der Waals surface area (Å²) in [4.78, 5) is 28.8. The lowest BCUT2D eigenvalue weighted by atomic mass is 10.1. The summed E-state index contributed by atoms with van der Waals surface area (Å²) in [6.07, 6.45) is 1.54. The Balaban J connectivity index is 1.74. The Morgan fingerprint density at radius 3 is 2.68 bits per heavy atom. The SMILES string of the molecule is Cc1cnc2n(c1=O)C[C@@H](C(=O)Nc1ccc(S(N)(=O)=O)cc1)CS2. The second-order valence-corrected chi connectivity index (χ2v) is 8.25. The lowest BCUT2D eigenvalue weighted by Gasteiger charge is -2.24. The number of carbonyl (C=O) groups excluding carboxylic acids is 1. The highest BCUT2D eigenvalue weighted by atomic mass is 32.2. The summed E-state index contributed by atoms with van der Waals surface area (Å²) in [5.74, 6) is -0.122. The number of aromatic nitrogens is 2. The molecule has 0 saturated carbocycles. The fraction of sp³-hybridized carbons (Fsp3) is 0.267. The first kappa shape index (κ1) is 17.6. The maximum atomic E-state index is 12.5. The van der Waals surface area contributed by atoms with E-state index in [1.165, 1.54) is 46.8 Å². The van der Waals surface area contributed by atoms with Gasteiger partial charge < -0.3 is 5.32 Å². The molecule has 3 rings (SSSR count). The molecule has 25 heavy (non-hydrogen) atoms. The number of primary sulfonamides is 1. The number of nitrogens with zero attached hydrogens (tertiary/aromatic N) is 2. The van der Waals surface area contributed by atoms with Crippen LogP contribution in [0.4, 0.5) is 5.69 Å². The molecular weight excluding hydrogens is 364 g/mol. The van der Waals surface area contributed by atoms with Crippen LogP contribution in [0.1, 0.15) is 5.56 Å². The summed E-state index contributed by atoms with van der Waals surface area (Å²) < 4.78 is 24.0. The van der Waals surface area contributed by atoms with E-state index >= 15 is 0 Å². The third-order valence-electron chi connectivity index (χ3n) is 3.82. The van der Waals surface area contributed by atoms with Crippen molar-refractivity contribution in [1.29, 1.82) is 0 Å². The van der Waals surface area contributed by atoms with Crippen molar-refractivity contribution in [1.82, 2.24) is 9.55 Å². The maximum absolute atomic E-state index is 12.5. The lowest BCUT2D eigenvalue weighted by molar-refractivity contribution is -0.119. The predicted molar refractivity (Wildman–Crippen MR) is 93.9 cm³/mol. The zero-order chi connectivity index (χ0) is 18.2. The van der Waals surface area contributed by atoms with Crippen molar-refractivity contribution < 1.29 is 13.2 Å². The number of rotatable bonds is 3. The number of amides is 1. The Morgan fingerprint density at radius 1 is 1.36 bits per heavy atom. The summed E-state index contributed by atoms with van der Waals surface area (Å²) in [5, 5.41) is 8.38. The van der Waals surface area contributed by atoms with Crippen LogP contribution < -0.4 is 16.0 Å². The van der Waals surface area contributed by atoms with Crippen molar-refractivity contribution in [3.05, 3.63) is 46.4 Å². The summed E-state index contributed by atoms with van der Waals surface area (Å²) >= 11 is 1.36. The van der Waals surface area contributed by atoms with Crippen molar-refractivity contribution in [2.75, 3.05) is 11.1 Å². The number of benzene rings is 1. The number of nitrogens with two attached hydrogens (primary N) is 1. The average Bonchev–Trinajstić information content (AvgIpc) is 2.57. The molecule has 3 N–H and O–H groups in total. The molecule has 0 fully saturated rings. The van der Waals surface area contributed by atoms with E-state index in [4.69, 9.17) is 5.14 Å². The van der Waals surface area contributed by atoms with Crippen LogP contribution in [0.2, 0.25) is 0 Å². The Morgan fingerprint density at radius 2 is 2.04 bits per heavy atom. The molecule has 1 aliphatic rings. The second kappa shape index (κ2) is 6.62. The van der Waals surface area contributed by atoms with Crippen molar-refractivity contribution in [3.8, 4) is 0 Å². The number of nitrogens with one attached hydrogen (secondary N) is 1. The van der Waals surface area contributed by atoms with Crippen LogP contribution in [0.25, 0.3) is 0 Å². The highest BCUT2D eigenvalue weighted by Gasteiger charge is 2.27. The van der Waals surface area contributed by atoms with Gasteiger partial charge in [-0.25, -0.2) is 18.5 Å². The normalized spacial score (nSPS) is 17.0. The number of aryl methyl sites for hydroxylation is 1. The van der Waals surface area contributed by atoms with Gasteiger partial charge in [-0.05, 0) is 31.2 Å². The predicted octanol–water partition coefficient (Wildman–Crippen LogP) is 0.560. The van der Waals surface area contributed by atoms with E-state index in [1.807, 2.05) is 0 Å². The van der Waals surface area contributed by atoms with E-state index in [9.17, 15) is 18.0 Å². The van der Waals surface area contributed by atoms with Crippen molar-refractivity contribution in [2.45, 2.75) is 23.5 Å². The smallest absolute Gasteiger partial charge is 0.257 e. The molecule has 10 heteroatoms. The second-order valence-electron chi connectivity index (χ2n) is 5.71. The fourth-order valence-electron chi connectivity index (χ4n) is 2.43. The van der Waals surface area contributed by atoms with Crippen molar-refractivity contribution >= 4 is 33.4 Å². The van der Waals surface area contributed by atoms with Crippen LogP contribution in [0.3, 0.4) is 0 Å². The average molecular weight is 380 g/mol. The Kier molecular flexibility index (Phi) is 4.67. The van der Waals surface area contributed by atoms with Crippen LogP contribution in [0.15, 0.2) is 45.3 Å². The van der Waals surface area contributed by atoms with Gasteiger partial charge in [-0.15, -0.1) is 0 Å². The minimum Gasteiger partial charge on any atom is -0.326 e. The first-order chi connectivity index (χ1) is 11.8. The standard InChI is InChI=1S/C15H16N4O4S2/c1-9-6-17-15-19(14(9)21)7-10(8-24-15)13(20)18-11-2-4-12(5-3-11)25(16,22)23/h2-6,10H,7-8H2,1H3,(H,18,20)(H2,16,22,23)/t10-/m1/s1. The van der Waals surface area contributed by atoms with Gasteiger partial charge in [0.1, 0.15) is 0 Å². The molecule has 1 aromatic heterocycles. The minimum atomic E-state index is -3.77. The first-order valence-electron chi connectivity index (χ1n) is 7.38. The van der Waals surface area contributed by atoms with Gasteiger partial charge in [0.25, 0.3) is 5.56 Å². The van der Waals surface area contributed by atoms with Gasteiger partial charge in [-0.3, -0.25) is 14.2 Å². The van der Waals surface area contributed by atoms with E-state index < -0.39 is 15.9 Å². The largest absolute Gasteiger partial charge is 0.326 e. The molecule has 0 aliphatic carbocycles. The fourth-order valence-corrected chi connectivity index (χ4v) is 3.99. The van der Waals surface area contributed by atoms with Gasteiger partial charge in [-0.2, -0.15) is 0 Å². The third kappa shape index (κ3) is 3.75. The number of hydrogen-bond acceptors (Lipinski definition) is 6. The molecule has 1 amide bonds. The van der Waals surface area contributed by atoms with E-state index in [-0.39, 0.29) is 22.9 Å². The van der Waals surface area contributed by atoms with Crippen LogP contribution in [-0.2, 0) is 21.4 Å². The Bertz CT molecular complexity index is 984. The molecule has 2 aromatic rings. The monoisotopic (exact) mass is 380 g/mol. The quantitative estimate of drug-likeness (QED) is 0.750. The van der Waals surface area contributed by atoms with Gasteiger partial charge in [0.2, 0.25) is 15.9 Å². The van der Waals surface area contributed by atoms with Gasteiger partial charge in [0.05, 0.1) is 10.8 Å². The summed E-state index contributed by atoms with van der Waals surface area (Å²) in [6.45, 7) is 1.95. The molecule has 132 valence electrons. The highest BCUT2D eigenvalue weighted by molar-refractivity contribution is 7.99. The first-order valence-corrected chi connectivity index (χ1v) is 9.92. The van der Waals surface area contributed by atoms with Crippen LogP contribution in [0, 0.1) is 12.8 Å². The molecule has 0 unspecified atom stereocenters. The van der Waals surface area contributed by atoms with E-state index in [2.05, 4.69) is 10.3 Å². The molecule has 0 bridgehead atoms. The summed E-state index contributed by atoms with van der Waals surface area (Å²) in [7, 11) is -3.77. The van der Waals surface area contributed by atoms with Gasteiger partial charge in [0.15, 0.2) is 5.16 Å². The number of carbonyl (C=O) groups is 1. The highest BCUT2D eigenvalue weighted by Crippen LogP contribution is 2.26. The number of hydrogen-bond donors (Lipinski definition) is 2. The van der Waals surface area contributed by atoms with Crippen LogP contribution >= 0.6 is 11.8 Å². The zero-order valence-electron chi connectivity index (χ0n) is 13.3. The summed E-state index contributed by atoms with van der Waals surface area (Å²) in [5.41, 5.74) is 0.847. The molecule has 1 atom stereocenters. The molecule has 1 aromatic carbocycles. The van der Waals surface area contributed by atoms with Crippen molar-refractivity contribution in [2.24, 2.45) is 11.1 Å². The van der Waals surface area contributed by atoms with E-state index in [1.54, 1.807) is 6.92 Å². The van der Waals surface area contributed by atoms with E-state index in [0.29, 0.717) is 22.2 Å². The van der Waals surface area contributed by atoms with Gasteiger partial charge >= 0.3 is 0 Å². The number of fused-ring (bicyclic) bond motifs is 1. The van der Waals surface area contributed by atoms with Gasteiger partial charge in [0, 0.05) is 29.7 Å². The third-order valence-corrected chi connectivity index (χ3v) is 5.90. The molecule has 0 spiro atoms. The molecule has 2 heterocycles. The Hall–Kier alpha value is -2.17. The van der Waals surface area contributed by atoms with Gasteiger partial charge in [-0.1, -0.05) is 11.8 Å². The summed E-state index contributed by atoms with van der Waals surface area (Å²) in [6, 6.07) is 5.60. The number of thioether (sulfide) groups is 1. The number of sulfonamides is 1. The molecule has 0 saturated heterocycles. The topological polar surface area (TPSA) is 124 Å². The van der Waals surface area contributed by atoms with Crippen LogP contribution in [0.5, 0.6) is 0 Å².